The Morgan fingerprint density at radius 2 is 1.61 bits per heavy atom. The third kappa shape index (κ3) is 6.81. The first-order valence-corrected chi connectivity index (χ1v) is 5.82. The average Bonchev–Trinajstić information content (AvgIpc) is 2.13. The molecule has 0 aliphatic rings. The highest BCUT2D eigenvalue weighted by Crippen LogP contribution is 2.32. The molecule has 0 aromatic rings. The van der Waals surface area contributed by atoms with Crippen LogP contribution in [-0.4, -0.2) is 24.4 Å². The molecule has 0 aliphatic heterocycles. The average molecular weight is 272 g/mol. The van der Waals surface area contributed by atoms with Crippen molar-refractivity contribution in [2.75, 3.05) is 6.61 Å². The topological polar surface area (TPSA) is 26.3 Å². The molecule has 0 unspecified atom stereocenters. The highest BCUT2D eigenvalue weighted by Gasteiger charge is 2.40. The number of ether oxygens (including phenoxy) is 1. The van der Waals surface area contributed by atoms with E-state index in [2.05, 4.69) is 4.74 Å². The summed E-state index contributed by atoms with van der Waals surface area (Å²) < 4.78 is 55.8. The van der Waals surface area contributed by atoms with Gasteiger partial charge in [-0.25, -0.2) is 17.6 Å². The van der Waals surface area contributed by atoms with Crippen LogP contribution in [0.1, 0.15) is 47.0 Å². The maximum absolute atomic E-state index is 13.1. The molecule has 0 aliphatic carbocycles. The summed E-state index contributed by atoms with van der Waals surface area (Å²) in [6.07, 6.45) is -1.91. The fourth-order valence-electron chi connectivity index (χ4n) is 1.18. The molecule has 0 saturated carbocycles. The van der Waals surface area contributed by atoms with Crippen LogP contribution in [0.2, 0.25) is 0 Å². The van der Waals surface area contributed by atoms with E-state index < -0.39 is 42.7 Å². The monoisotopic (exact) mass is 272 g/mol. The van der Waals surface area contributed by atoms with Gasteiger partial charge in [0.05, 0.1) is 18.4 Å². The van der Waals surface area contributed by atoms with Gasteiger partial charge in [0, 0.05) is 6.42 Å². The van der Waals surface area contributed by atoms with E-state index in [0.717, 1.165) is 0 Å². The van der Waals surface area contributed by atoms with Gasteiger partial charge in [0.25, 0.3) is 11.8 Å². The molecule has 18 heavy (non-hydrogen) atoms. The summed E-state index contributed by atoms with van der Waals surface area (Å²) in [5.74, 6) is -7.56. The molecule has 2 nitrogen and oxygen atoms in total. The standard InChI is InChI=1S/C12H20F4O2/c1-5-10(2,3)9(17)18-7-6-12(15,16)8-11(4,13)14/h5-8H2,1-4H3. The molecule has 0 spiro atoms. The van der Waals surface area contributed by atoms with Crippen LogP contribution in [0.25, 0.3) is 0 Å². The molecular formula is C12H20F4O2. The summed E-state index contributed by atoms with van der Waals surface area (Å²) in [7, 11) is 0. The van der Waals surface area contributed by atoms with Gasteiger partial charge >= 0.3 is 5.97 Å². The zero-order chi connectivity index (χ0) is 14.6. The van der Waals surface area contributed by atoms with Crippen LogP contribution >= 0.6 is 0 Å². The summed E-state index contributed by atoms with van der Waals surface area (Å²) in [6, 6.07) is 0. The molecule has 6 heteroatoms. The molecule has 108 valence electrons. The maximum atomic E-state index is 13.1. The van der Waals surface area contributed by atoms with Crippen LogP contribution in [0.4, 0.5) is 17.6 Å². The van der Waals surface area contributed by atoms with Gasteiger partial charge in [0.1, 0.15) is 0 Å². The van der Waals surface area contributed by atoms with Crippen molar-refractivity contribution in [3.63, 3.8) is 0 Å². The van der Waals surface area contributed by atoms with E-state index in [1.807, 2.05) is 0 Å². The number of rotatable bonds is 7. The van der Waals surface area contributed by atoms with Crippen molar-refractivity contribution in [1.29, 1.82) is 0 Å². The molecule has 0 rings (SSSR count). The maximum Gasteiger partial charge on any atom is 0.311 e. The molecule has 0 fully saturated rings. The van der Waals surface area contributed by atoms with Crippen LogP contribution in [0.5, 0.6) is 0 Å². The van der Waals surface area contributed by atoms with E-state index in [9.17, 15) is 22.4 Å². The number of hydrogen-bond donors (Lipinski definition) is 0. The molecule has 0 aromatic carbocycles. The lowest BCUT2D eigenvalue weighted by Crippen LogP contribution is -2.30. The lowest BCUT2D eigenvalue weighted by molar-refractivity contribution is -0.158. The summed E-state index contributed by atoms with van der Waals surface area (Å²) in [5, 5.41) is 0. The number of carbonyl (C=O) groups excluding carboxylic acids is 1. The molecule has 0 bridgehead atoms. The number of halogens is 4. The smallest absolute Gasteiger partial charge is 0.311 e. The Bertz CT molecular complexity index is 282. The Morgan fingerprint density at radius 3 is 2.00 bits per heavy atom. The van der Waals surface area contributed by atoms with Gasteiger partial charge < -0.3 is 4.74 Å². The van der Waals surface area contributed by atoms with Crippen molar-refractivity contribution in [2.24, 2.45) is 5.41 Å². The SMILES string of the molecule is CCC(C)(C)C(=O)OCCC(F)(F)CC(C)(F)F. The van der Waals surface area contributed by atoms with Crippen molar-refractivity contribution in [3.8, 4) is 0 Å². The Kier molecular flexibility index (Phi) is 5.62. The van der Waals surface area contributed by atoms with Gasteiger partial charge in [-0.1, -0.05) is 6.92 Å². The summed E-state index contributed by atoms with van der Waals surface area (Å²) in [5.41, 5.74) is -0.746. The molecule has 0 amide bonds. The number of esters is 1. The van der Waals surface area contributed by atoms with Crippen LogP contribution < -0.4 is 0 Å². The lowest BCUT2D eigenvalue weighted by Gasteiger charge is -2.23. The van der Waals surface area contributed by atoms with E-state index in [4.69, 9.17) is 0 Å². The normalized spacial score (nSPS) is 13.6. The third-order valence-electron chi connectivity index (χ3n) is 2.71. The Morgan fingerprint density at radius 1 is 1.11 bits per heavy atom. The largest absolute Gasteiger partial charge is 0.465 e. The van der Waals surface area contributed by atoms with E-state index in [1.165, 1.54) is 0 Å². The highest BCUT2D eigenvalue weighted by molar-refractivity contribution is 5.75. The van der Waals surface area contributed by atoms with Crippen molar-refractivity contribution < 1.29 is 27.1 Å². The molecule has 0 saturated heterocycles. The van der Waals surface area contributed by atoms with Gasteiger partial charge in [0.2, 0.25) is 0 Å². The van der Waals surface area contributed by atoms with Crippen LogP contribution in [0.3, 0.4) is 0 Å². The Balaban J connectivity index is 4.16. The zero-order valence-electron chi connectivity index (χ0n) is 11.2. The first-order chi connectivity index (χ1) is 7.90. The van der Waals surface area contributed by atoms with E-state index in [-0.39, 0.29) is 0 Å². The first kappa shape index (κ1) is 17.2. The third-order valence-corrected chi connectivity index (χ3v) is 2.71. The lowest BCUT2D eigenvalue weighted by atomic mass is 9.91. The second-order valence-electron chi connectivity index (χ2n) is 5.23. The summed E-state index contributed by atoms with van der Waals surface area (Å²) in [6.45, 7) is 4.92. The minimum Gasteiger partial charge on any atom is -0.465 e. The predicted molar refractivity (Wildman–Crippen MR) is 59.8 cm³/mol. The summed E-state index contributed by atoms with van der Waals surface area (Å²) >= 11 is 0. The van der Waals surface area contributed by atoms with Crippen molar-refractivity contribution in [1.82, 2.24) is 0 Å². The fourth-order valence-corrected chi connectivity index (χ4v) is 1.18. The van der Waals surface area contributed by atoms with Crippen molar-refractivity contribution in [3.05, 3.63) is 0 Å². The van der Waals surface area contributed by atoms with Crippen LogP contribution in [-0.2, 0) is 9.53 Å². The second-order valence-corrected chi connectivity index (χ2v) is 5.23. The minimum absolute atomic E-state index is 0.438. The van der Waals surface area contributed by atoms with Gasteiger partial charge in [-0.15, -0.1) is 0 Å². The van der Waals surface area contributed by atoms with Crippen molar-refractivity contribution in [2.45, 2.75) is 58.8 Å². The van der Waals surface area contributed by atoms with Gasteiger partial charge in [-0.05, 0) is 27.2 Å². The number of hydrogen-bond acceptors (Lipinski definition) is 2. The Labute approximate surface area is 105 Å². The van der Waals surface area contributed by atoms with Crippen molar-refractivity contribution >= 4 is 5.97 Å². The molecular weight excluding hydrogens is 252 g/mol. The molecule has 0 atom stereocenters. The summed E-state index contributed by atoms with van der Waals surface area (Å²) in [4.78, 5) is 11.5. The second kappa shape index (κ2) is 5.89. The van der Waals surface area contributed by atoms with Crippen LogP contribution in [0.15, 0.2) is 0 Å². The van der Waals surface area contributed by atoms with Gasteiger partial charge in [0.15, 0.2) is 0 Å². The van der Waals surface area contributed by atoms with E-state index >= 15 is 0 Å². The quantitative estimate of drug-likeness (QED) is 0.516. The number of alkyl halides is 4. The van der Waals surface area contributed by atoms with Crippen LogP contribution in [0, 0.1) is 5.41 Å². The van der Waals surface area contributed by atoms with Gasteiger partial charge in [-0.2, -0.15) is 0 Å². The first-order valence-electron chi connectivity index (χ1n) is 5.82. The predicted octanol–water partition coefficient (Wildman–Crippen LogP) is 4.04. The number of carbonyl (C=O) groups is 1. The Hall–Kier alpha value is -0.810. The molecule has 0 N–H and O–H groups in total. The minimum atomic E-state index is -3.53. The van der Waals surface area contributed by atoms with Gasteiger partial charge in [-0.3, -0.25) is 4.79 Å². The van der Waals surface area contributed by atoms with E-state index in [1.54, 1.807) is 20.8 Å². The highest BCUT2D eigenvalue weighted by atomic mass is 19.3. The fraction of sp³-hybridized carbons (Fsp3) is 0.917. The zero-order valence-corrected chi connectivity index (χ0v) is 11.2. The molecule has 0 radical (unpaired) electrons. The molecule has 0 aromatic heterocycles. The van der Waals surface area contributed by atoms with E-state index in [0.29, 0.717) is 13.3 Å². The molecule has 0 heterocycles.